The van der Waals surface area contributed by atoms with E-state index in [1.54, 1.807) is 29.7 Å². The molecular formula is C13H14N2O2S. The van der Waals surface area contributed by atoms with Crippen LogP contribution in [-0.4, -0.2) is 18.0 Å². The summed E-state index contributed by atoms with van der Waals surface area (Å²) in [5.74, 6) is 0.400. The van der Waals surface area contributed by atoms with Crippen LogP contribution in [0.5, 0.6) is 5.88 Å². The fraction of sp³-hybridized carbons (Fsp3) is 0.231. The van der Waals surface area contributed by atoms with Gasteiger partial charge >= 0.3 is 0 Å². The zero-order chi connectivity index (χ0) is 12.8. The van der Waals surface area contributed by atoms with Crippen molar-refractivity contribution in [3.8, 4) is 5.88 Å². The van der Waals surface area contributed by atoms with Crippen LogP contribution in [0.15, 0.2) is 35.8 Å². The normalized spacial score (nSPS) is 10.1. The minimum absolute atomic E-state index is 0.0327. The van der Waals surface area contributed by atoms with Gasteiger partial charge in [-0.2, -0.15) is 0 Å². The van der Waals surface area contributed by atoms with Crippen molar-refractivity contribution in [3.05, 3.63) is 40.7 Å². The van der Waals surface area contributed by atoms with Gasteiger partial charge in [-0.3, -0.25) is 4.79 Å². The minimum Gasteiger partial charge on any atom is -0.480 e. The third kappa shape index (κ3) is 3.30. The van der Waals surface area contributed by atoms with Gasteiger partial charge in [0.05, 0.1) is 7.11 Å². The molecule has 0 atom stereocenters. The van der Waals surface area contributed by atoms with Gasteiger partial charge in [0.1, 0.15) is 5.69 Å². The van der Waals surface area contributed by atoms with Crippen molar-refractivity contribution in [1.29, 1.82) is 0 Å². The monoisotopic (exact) mass is 262 g/mol. The van der Waals surface area contributed by atoms with Gasteiger partial charge in [0.15, 0.2) is 0 Å². The minimum atomic E-state index is -0.0327. The number of carbonyl (C=O) groups is 1. The van der Waals surface area contributed by atoms with Gasteiger partial charge in [0.25, 0.3) is 0 Å². The van der Waals surface area contributed by atoms with E-state index >= 15 is 0 Å². The van der Waals surface area contributed by atoms with Crippen molar-refractivity contribution in [2.24, 2.45) is 0 Å². The summed E-state index contributed by atoms with van der Waals surface area (Å²) >= 11 is 1.66. The Bertz CT molecular complexity index is 511. The molecule has 5 heteroatoms. The topological polar surface area (TPSA) is 51.2 Å². The van der Waals surface area contributed by atoms with Crippen molar-refractivity contribution in [2.45, 2.75) is 12.8 Å². The molecular weight excluding hydrogens is 248 g/mol. The van der Waals surface area contributed by atoms with Crippen LogP contribution in [0.1, 0.15) is 11.3 Å². The van der Waals surface area contributed by atoms with Gasteiger partial charge in [-0.05, 0) is 30.0 Å². The van der Waals surface area contributed by atoms with Crippen molar-refractivity contribution in [1.82, 2.24) is 4.98 Å². The zero-order valence-corrected chi connectivity index (χ0v) is 10.9. The van der Waals surface area contributed by atoms with E-state index in [-0.39, 0.29) is 5.91 Å². The highest BCUT2D eigenvalue weighted by Crippen LogP contribution is 2.20. The predicted octanol–water partition coefficient (Wildman–Crippen LogP) is 2.72. The second-order valence-corrected chi connectivity index (χ2v) is 4.72. The van der Waals surface area contributed by atoms with Crippen LogP contribution in [0, 0.1) is 0 Å². The molecule has 0 unspecified atom stereocenters. The first-order valence-electron chi connectivity index (χ1n) is 5.61. The van der Waals surface area contributed by atoms with Gasteiger partial charge < -0.3 is 10.1 Å². The first-order valence-corrected chi connectivity index (χ1v) is 6.49. The Hall–Kier alpha value is -1.88. The van der Waals surface area contributed by atoms with Gasteiger partial charge in [-0.1, -0.05) is 6.07 Å². The maximum atomic E-state index is 11.8. The molecule has 1 amide bonds. The number of aromatic nitrogens is 1. The first kappa shape index (κ1) is 12.6. The number of pyridine rings is 1. The number of thiophene rings is 1. The fourth-order valence-corrected chi connectivity index (χ4v) is 2.26. The van der Waals surface area contributed by atoms with Gasteiger partial charge in [-0.15, -0.1) is 11.3 Å². The number of rotatable bonds is 5. The highest BCUT2D eigenvalue weighted by molar-refractivity contribution is 7.09. The number of anilines is 1. The molecule has 0 saturated carbocycles. The second kappa shape index (κ2) is 6.16. The molecule has 94 valence electrons. The average molecular weight is 262 g/mol. The molecule has 0 aliphatic carbocycles. The maximum Gasteiger partial charge on any atom is 0.237 e. The molecule has 0 saturated heterocycles. The summed E-state index contributed by atoms with van der Waals surface area (Å²) in [6.45, 7) is 0. The predicted molar refractivity (Wildman–Crippen MR) is 72.1 cm³/mol. The summed E-state index contributed by atoms with van der Waals surface area (Å²) in [7, 11) is 1.53. The molecule has 2 rings (SSSR count). The van der Waals surface area contributed by atoms with Gasteiger partial charge in [-0.25, -0.2) is 4.98 Å². The number of carbonyl (C=O) groups excluding carboxylic acids is 1. The SMILES string of the molecule is COc1ncccc1NC(=O)CCc1cccs1. The summed E-state index contributed by atoms with van der Waals surface area (Å²) in [4.78, 5) is 17.0. The highest BCUT2D eigenvalue weighted by atomic mass is 32.1. The number of hydrogen-bond acceptors (Lipinski definition) is 4. The molecule has 0 bridgehead atoms. The van der Waals surface area contributed by atoms with Crippen molar-refractivity contribution in [2.75, 3.05) is 12.4 Å². The van der Waals surface area contributed by atoms with Crippen LogP contribution < -0.4 is 10.1 Å². The van der Waals surface area contributed by atoms with Crippen LogP contribution >= 0.6 is 11.3 Å². The molecule has 0 aliphatic rings. The molecule has 0 radical (unpaired) electrons. The molecule has 0 aliphatic heterocycles. The van der Waals surface area contributed by atoms with E-state index in [4.69, 9.17) is 4.74 Å². The van der Waals surface area contributed by atoms with Gasteiger partial charge in [0, 0.05) is 17.5 Å². The average Bonchev–Trinajstić information content (AvgIpc) is 2.90. The molecule has 0 aromatic carbocycles. The van der Waals surface area contributed by atoms with E-state index in [0.717, 1.165) is 6.42 Å². The molecule has 18 heavy (non-hydrogen) atoms. The zero-order valence-electron chi connectivity index (χ0n) is 10.1. The number of amides is 1. The third-order valence-electron chi connectivity index (χ3n) is 2.42. The Kier molecular flexibility index (Phi) is 4.30. The second-order valence-electron chi connectivity index (χ2n) is 3.69. The standard InChI is InChI=1S/C13H14N2O2S/c1-17-13-11(5-2-8-14-13)15-12(16)7-6-10-4-3-9-18-10/h2-5,8-9H,6-7H2,1H3,(H,15,16). The molecule has 0 fully saturated rings. The molecule has 4 nitrogen and oxygen atoms in total. The van der Waals surface area contributed by atoms with Crippen LogP contribution in [0.25, 0.3) is 0 Å². The summed E-state index contributed by atoms with van der Waals surface area (Å²) in [5, 5.41) is 4.81. The lowest BCUT2D eigenvalue weighted by molar-refractivity contribution is -0.116. The lowest BCUT2D eigenvalue weighted by atomic mass is 10.2. The van der Waals surface area contributed by atoms with E-state index in [1.807, 2.05) is 17.5 Å². The number of nitrogens with zero attached hydrogens (tertiary/aromatic N) is 1. The Morgan fingerprint density at radius 3 is 3.06 bits per heavy atom. The quantitative estimate of drug-likeness (QED) is 0.901. The number of hydrogen-bond donors (Lipinski definition) is 1. The van der Waals surface area contributed by atoms with Crippen molar-refractivity contribution >= 4 is 22.9 Å². The summed E-state index contributed by atoms with van der Waals surface area (Å²) in [6.07, 6.45) is 2.84. The van der Waals surface area contributed by atoms with Crippen LogP contribution in [0.2, 0.25) is 0 Å². The maximum absolute atomic E-state index is 11.8. The smallest absolute Gasteiger partial charge is 0.237 e. The first-order chi connectivity index (χ1) is 8.79. The fourth-order valence-electron chi connectivity index (χ4n) is 1.55. The molecule has 1 N–H and O–H groups in total. The van der Waals surface area contributed by atoms with E-state index in [0.29, 0.717) is 18.0 Å². The van der Waals surface area contributed by atoms with Crippen molar-refractivity contribution < 1.29 is 9.53 Å². The van der Waals surface area contributed by atoms with E-state index in [2.05, 4.69) is 10.3 Å². The molecule has 0 spiro atoms. The molecule has 2 heterocycles. The number of ether oxygens (including phenoxy) is 1. The van der Waals surface area contributed by atoms with Crippen molar-refractivity contribution in [3.63, 3.8) is 0 Å². The Labute approximate surface area is 110 Å². The largest absolute Gasteiger partial charge is 0.480 e. The van der Waals surface area contributed by atoms with Gasteiger partial charge in [0.2, 0.25) is 11.8 Å². The summed E-state index contributed by atoms with van der Waals surface area (Å²) in [6, 6.07) is 7.55. The number of aryl methyl sites for hydroxylation is 1. The van der Waals surface area contributed by atoms with Crippen LogP contribution in [0.3, 0.4) is 0 Å². The van der Waals surface area contributed by atoms with E-state index < -0.39 is 0 Å². The lowest BCUT2D eigenvalue weighted by Crippen LogP contribution is -2.13. The number of nitrogens with one attached hydrogen (secondary N) is 1. The summed E-state index contributed by atoms with van der Waals surface area (Å²) in [5.41, 5.74) is 0.608. The third-order valence-corrected chi connectivity index (χ3v) is 3.35. The Balaban J connectivity index is 1.90. The van der Waals surface area contributed by atoms with E-state index in [9.17, 15) is 4.79 Å². The van der Waals surface area contributed by atoms with E-state index in [1.165, 1.54) is 12.0 Å². The lowest BCUT2D eigenvalue weighted by Gasteiger charge is -2.08. The van der Waals surface area contributed by atoms with Crippen LogP contribution in [0.4, 0.5) is 5.69 Å². The van der Waals surface area contributed by atoms with Crippen LogP contribution in [-0.2, 0) is 11.2 Å². The molecule has 2 aromatic heterocycles. The Morgan fingerprint density at radius 1 is 1.44 bits per heavy atom. The Morgan fingerprint density at radius 2 is 2.33 bits per heavy atom. The number of methoxy groups -OCH3 is 1. The summed E-state index contributed by atoms with van der Waals surface area (Å²) < 4.78 is 5.07. The highest BCUT2D eigenvalue weighted by Gasteiger charge is 2.08. The molecule has 2 aromatic rings.